The molecule has 0 radical (unpaired) electrons. The van der Waals surface area contributed by atoms with Crippen LogP contribution >= 0.6 is 0 Å². The Morgan fingerprint density at radius 2 is 1.43 bits per heavy atom. The van der Waals surface area contributed by atoms with Crippen LogP contribution in [0.25, 0.3) is 22.3 Å². The van der Waals surface area contributed by atoms with Gasteiger partial charge in [0.2, 0.25) is 0 Å². The van der Waals surface area contributed by atoms with Crippen LogP contribution < -0.4 is 10.5 Å². The third-order valence-electron chi connectivity index (χ3n) is 9.06. The van der Waals surface area contributed by atoms with E-state index in [9.17, 15) is 15.0 Å². The van der Waals surface area contributed by atoms with E-state index in [1.54, 1.807) is 0 Å². The van der Waals surface area contributed by atoms with Crippen molar-refractivity contribution in [2.45, 2.75) is 50.1 Å². The molecule has 2 aromatic heterocycles. The molecule has 4 aromatic rings. The number of nitrogen functional groups attached to an aromatic ring is 1. The highest BCUT2D eigenvalue weighted by Crippen LogP contribution is 2.35. The maximum Gasteiger partial charge on any atom is 0.255 e. The van der Waals surface area contributed by atoms with Gasteiger partial charge in [-0.05, 0) is 62.1 Å². The molecule has 5 heterocycles. The molecule has 44 heavy (non-hydrogen) atoms. The van der Waals surface area contributed by atoms with Crippen LogP contribution in [0.3, 0.4) is 0 Å². The molecule has 12 heteroatoms. The molecule has 230 valence electrons. The Morgan fingerprint density at radius 1 is 0.841 bits per heavy atom. The van der Waals surface area contributed by atoms with E-state index >= 15 is 0 Å². The first kappa shape index (κ1) is 28.7. The summed E-state index contributed by atoms with van der Waals surface area (Å²) < 4.78 is 7.84. The Hall–Kier alpha value is -4.10. The first-order valence-electron chi connectivity index (χ1n) is 15.4. The summed E-state index contributed by atoms with van der Waals surface area (Å²) in [6.07, 6.45) is 3.05. The Kier molecular flexibility index (Phi) is 7.89. The van der Waals surface area contributed by atoms with Crippen molar-refractivity contribution in [3.8, 4) is 22.8 Å². The van der Waals surface area contributed by atoms with Crippen LogP contribution in [0.5, 0.6) is 11.5 Å². The van der Waals surface area contributed by atoms with Gasteiger partial charge in [0.15, 0.2) is 5.65 Å². The van der Waals surface area contributed by atoms with Crippen LogP contribution in [0.1, 0.15) is 31.7 Å². The first-order valence-corrected chi connectivity index (χ1v) is 15.4. The zero-order valence-corrected chi connectivity index (χ0v) is 24.6. The topological polar surface area (TPSA) is 146 Å². The fourth-order valence-corrected chi connectivity index (χ4v) is 6.51. The zero-order chi connectivity index (χ0) is 30.2. The Bertz CT molecular complexity index is 1570. The van der Waals surface area contributed by atoms with Crippen LogP contribution in [0.4, 0.5) is 5.82 Å². The van der Waals surface area contributed by atoms with E-state index < -0.39 is 6.17 Å². The highest BCUT2D eigenvalue weighted by atomic mass is 16.5. The minimum atomic E-state index is -0.393. The van der Waals surface area contributed by atoms with Crippen molar-refractivity contribution in [2.24, 2.45) is 0 Å². The third-order valence-corrected chi connectivity index (χ3v) is 9.06. The number of ether oxygens (including phenoxy) is 1. The van der Waals surface area contributed by atoms with Crippen LogP contribution in [-0.4, -0.2) is 108 Å². The molecule has 0 aliphatic carbocycles. The number of nitrogens with two attached hydrogens (primary N) is 1. The van der Waals surface area contributed by atoms with Gasteiger partial charge in [-0.3, -0.25) is 14.6 Å². The average molecular weight is 599 g/mol. The quantitative estimate of drug-likeness (QED) is 0.290. The van der Waals surface area contributed by atoms with Gasteiger partial charge < -0.3 is 25.6 Å². The number of benzene rings is 2. The molecule has 0 unspecified atom stereocenters. The van der Waals surface area contributed by atoms with E-state index in [4.69, 9.17) is 15.6 Å². The van der Waals surface area contributed by atoms with Gasteiger partial charge in [-0.1, -0.05) is 18.2 Å². The molecule has 3 aliphatic heterocycles. The number of hydrogen-bond donors (Lipinski definition) is 3. The van der Waals surface area contributed by atoms with Gasteiger partial charge >= 0.3 is 0 Å². The molecule has 1 amide bonds. The molecule has 4 N–H and O–H groups in total. The predicted molar refractivity (Wildman–Crippen MR) is 165 cm³/mol. The molecule has 12 nitrogen and oxygen atoms in total. The largest absolute Gasteiger partial charge is 0.457 e. The summed E-state index contributed by atoms with van der Waals surface area (Å²) in [4.78, 5) is 29.1. The first-order chi connectivity index (χ1) is 21.4. The minimum absolute atomic E-state index is 0.0582. The number of likely N-dealkylation sites (tertiary alicyclic amines) is 3. The predicted octanol–water partition coefficient (Wildman–Crippen LogP) is 2.49. The lowest BCUT2D eigenvalue weighted by molar-refractivity contribution is -0.154. The van der Waals surface area contributed by atoms with Crippen molar-refractivity contribution in [2.75, 3.05) is 45.0 Å². The van der Waals surface area contributed by atoms with Gasteiger partial charge in [0.25, 0.3) is 5.91 Å². The maximum absolute atomic E-state index is 14.0. The van der Waals surface area contributed by atoms with Gasteiger partial charge in [0, 0.05) is 44.8 Å². The number of anilines is 1. The van der Waals surface area contributed by atoms with E-state index in [0.29, 0.717) is 93.2 Å². The molecule has 2 aromatic carbocycles. The SMILES string of the molecule is Nc1ncnc2c1c(-c1ccc(Oc3ccccc3)cc1)nn2C1CN(C(=O)C(N2CCC(O)CC2)N2CCC(O)CC2)C1. The lowest BCUT2D eigenvalue weighted by Crippen LogP contribution is -2.64. The fraction of sp³-hybridized carbons (Fsp3) is 0.438. The highest BCUT2D eigenvalue weighted by molar-refractivity contribution is 5.98. The summed E-state index contributed by atoms with van der Waals surface area (Å²) in [5.41, 5.74) is 8.55. The van der Waals surface area contributed by atoms with Gasteiger partial charge in [0.1, 0.15) is 35.5 Å². The van der Waals surface area contributed by atoms with Gasteiger partial charge in [-0.15, -0.1) is 0 Å². The summed E-state index contributed by atoms with van der Waals surface area (Å²) in [6.45, 7) is 3.70. The van der Waals surface area contributed by atoms with E-state index in [1.807, 2.05) is 64.2 Å². The number of carbonyl (C=O) groups excluding carboxylic acids is 1. The van der Waals surface area contributed by atoms with Crippen molar-refractivity contribution in [1.29, 1.82) is 0 Å². The summed E-state index contributed by atoms with van der Waals surface area (Å²) in [5.74, 6) is 1.89. The normalized spacial score (nSPS) is 19.5. The summed E-state index contributed by atoms with van der Waals surface area (Å²) in [5, 5.41) is 25.8. The van der Waals surface area contributed by atoms with E-state index in [2.05, 4.69) is 19.8 Å². The number of nitrogens with zero attached hydrogens (tertiary/aromatic N) is 7. The maximum atomic E-state index is 14.0. The highest BCUT2D eigenvalue weighted by Gasteiger charge is 2.43. The second-order valence-corrected chi connectivity index (χ2v) is 12.0. The van der Waals surface area contributed by atoms with Crippen molar-refractivity contribution >= 4 is 22.8 Å². The van der Waals surface area contributed by atoms with Crippen molar-refractivity contribution in [3.63, 3.8) is 0 Å². The van der Waals surface area contributed by atoms with Gasteiger partial charge in [0.05, 0.1) is 23.6 Å². The average Bonchev–Trinajstić information content (AvgIpc) is 3.40. The number of carbonyl (C=O) groups is 1. The van der Waals surface area contributed by atoms with E-state index in [0.717, 1.165) is 11.3 Å². The van der Waals surface area contributed by atoms with Gasteiger partial charge in [-0.2, -0.15) is 5.10 Å². The van der Waals surface area contributed by atoms with E-state index in [-0.39, 0.29) is 24.2 Å². The number of amides is 1. The smallest absolute Gasteiger partial charge is 0.255 e. The van der Waals surface area contributed by atoms with Crippen LogP contribution in [-0.2, 0) is 4.79 Å². The molecular weight excluding hydrogens is 560 g/mol. The number of rotatable bonds is 7. The Balaban J connectivity index is 1.10. The molecule has 0 bridgehead atoms. The molecule has 7 rings (SSSR count). The second kappa shape index (κ2) is 12.1. The number of hydrogen-bond acceptors (Lipinski definition) is 10. The Morgan fingerprint density at radius 3 is 2.05 bits per heavy atom. The van der Waals surface area contributed by atoms with Crippen LogP contribution in [0.2, 0.25) is 0 Å². The number of aliphatic hydroxyl groups is 2. The second-order valence-electron chi connectivity index (χ2n) is 12.0. The number of piperidine rings is 2. The van der Waals surface area contributed by atoms with Crippen LogP contribution in [0, 0.1) is 0 Å². The minimum Gasteiger partial charge on any atom is -0.457 e. The standard InChI is InChI=1S/C32H38N8O4/c33-29-27-28(21-6-8-26(9-7-21)44-25-4-2-1-3-5-25)36-40(30(27)35-20-34-29)22-18-39(19-22)32(43)31(37-14-10-23(41)11-15-37)38-16-12-24(42)13-17-38/h1-9,20,22-24,31,41-42H,10-19H2,(H2,33,34,35). The Labute approximate surface area is 255 Å². The monoisotopic (exact) mass is 598 g/mol. The summed E-state index contributed by atoms with van der Waals surface area (Å²) >= 11 is 0. The molecule has 3 aliphatic rings. The number of aromatic nitrogens is 4. The lowest BCUT2D eigenvalue weighted by atomic mass is 10.0. The number of para-hydroxylation sites is 1. The van der Waals surface area contributed by atoms with E-state index in [1.165, 1.54) is 6.33 Å². The lowest BCUT2D eigenvalue weighted by Gasteiger charge is -2.48. The van der Waals surface area contributed by atoms with Crippen LogP contribution in [0.15, 0.2) is 60.9 Å². The third kappa shape index (κ3) is 5.61. The van der Waals surface area contributed by atoms with Crippen molar-refractivity contribution in [3.05, 3.63) is 60.9 Å². The van der Waals surface area contributed by atoms with Crippen molar-refractivity contribution < 1.29 is 19.7 Å². The molecule has 0 atom stereocenters. The van der Waals surface area contributed by atoms with Gasteiger partial charge in [-0.25, -0.2) is 14.6 Å². The van der Waals surface area contributed by atoms with Crippen molar-refractivity contribution in [1.82, 2.24) is 34.4 Å². The summed E-state index contributed by atoms with van der Waals surface area (Å²) in [6, 6.07) is 17.3. The molecule has 0 spiro atoms. The molecular formula is C32H38N8O4. The molecule has 3 saturated heterocycles. The number of fused-ring (bicyclic) bond motifs is 1. The number of aliphatic hydroxyl groups excluding tert-OH is 2. The zero-order valence-electron chi connectivity index (χ0n) is 24.6. The molecule has 0 saturated carbocycles. The fourth-order valence-electron chi connectivity index (χ4n) is 6.51. The molecule has 3 fully saturated rings. The summed E-state index contributed by atoms with van der Waals surface area (Å²) in [7, 11) is 0.